The molecular weight excluding hydrogens is 228 g/mol. The third kappa shape index (κ3) is 1.35. The van der Waals surface area contributed by atoms with Gasteiger partial charge in [0.05, 0.1) is 0 Å². The standard InChI is InChI=1S/C9H12N4O2S/c1-3-12-6-5(10-8(16)11-6)7(14)13(4-2)9(12)15/h3-4H2,1-2H3,(H2,10,11,16). The van der Waals surface area contributed by atoms with E-state index in [9.17, 15) is 9.59 Å². The second-order valence-corrected chi connectivity index (χ2v) is 3.79. The third-order valence-electron chi connectivity index (χ3n) is 2.53. The molecule has 0 bridgehead atoms. The van der Waals surface area contributed by atoms with Gasteiger partial charge in [-0.1, -0.05) is 0 Å². The highest BCUT2D eigenvalue weighted by Gasteiger charge is 2.12. The molecule has 0 aliphatic rings. The molecule has 2 N–H and O–H groups in total. The quantitative estimate of drug-likeness (QED) is 0.754. The molecule has 0 spiro atoms. The second-order valence-electron chi connectivity index (χ2n) is 3.38. The molecule has 0 aliphatic carbocycles. The van der Waals surface area contributed by atoms with E-state index in [1.165, 1.54) is 9.13 Å². The first kappa shape index (κ1) is 10.9. The van der Waals surface area contributed by atoms with Crippen LogP contribution in [0, 0.1) is 4.77 Å². The van der Waals surface area contributed by atoms with Crippen LogP contribution in [0.2, 0.25) is 0 Å². The summed E-state index contributed by atoms with van der Waals surface area (Å²) in [5, 5.41) is 0. The number of fused-ring (bicyclic) bond motifs is 1. The van der Waals surface area contributed by atoms with Crippen LogP contribution in [-0.4, -0.2) is 19.1 Å². The summed E-state index contributed by atoms with van der Waals surface area (Å²) in [7, 11) is 0. The van der Waals surface area contributed by atoms with Crippen molar-refractivity contribution in [2.24, 2.45) is 0 Å². The van der Waals surface area contributed by atoms with Crippen molar-refractivity contribution < 1.29 is 0 Å². The van der Waals surface area contributed by atoms with Gasteiger partial charge in [0.2, 0.25) is 0 Å². The fraction of sp³-hybridized carbons (Fsp3) is 0.444. The van der Waals surface area contributed by atoms with Crippen molar-refractivity contribution >= 4 is 23.4 Å². The normalized spacial score (nSPS) is 11.1. The van der Waals surface area contributed by atoms with E-state index in [1.54, 1.807) is 6.92 Å². The Morgan fingerprint density at radius 1 is 1.12 bits per heavy atom. The highest BCUT2D eigenvalue weighted by molar-refractivity contribution is 7.71. The van der Waals surface area contributed by atoms with Crippen LogP contribution in [0.15, 0.2) is 9.59 Å². The first-order valence-electron chi connectivity index (χ1n) is 5.05. The van der Waals surface area contributed by atoms with Crippen LogP contribution in [0.3, 0.4) is 0 Å². The van der Waals surface area contributed by atoms with Gasteiger partial charge >= 0.3 is 5.69 Å². The smallest absolute Gasteiger partial charge is 0.325 e. The zero-order chi connectivity index (χ0) is 11.9. The van der Waals surface area contributed by atoms with Crippen LogP contribution in [0.5, 0.6) is 0 Å². The van der Waals surface area contributed by atoms with Crippen molar-refractivity contribution in [2.45, 2.75) is 26.9 Å². The van der Waals surface area contributed by atoms with Gasteiger partial charge in [-0.25, -0.2) is 4.79 Å². The summed E-state index contributed by atoms with van der Waals surface area (Å²) in [6.07, 6.45) is 0. The van der Waals surface area contributed by atoms with Gasteiger partial charge in [-0.15, -0.1) is 0 Å². The molecule has 2 heterocycles. The van der Waals surface area contributed by atoms with Crippen LogP contribution in [-0.2, 0) is 13.1 Å². The SMILES string of the molecule is CCn1c(=O)c2[nH]c(=S)[nH]c2n(CC)c1=O. The van der Waals surface area contributed by atoms with Gasteiger partial charge in [0.25, 0.3) is 5.56 Å². The Balaban J connectivity index is 3.11. The van der Waals surface area contributed by atoms with E-state index < -0.39 is 0 Å². The molecule has 0 atom stereocenters. The minimum atomic E-state index is -0.334. The Bertz CT molecular complexity index is 703. The number of nitrogens with zero attached hydrogens (tertiary/aromatic N) is 2. The number of H-pyrrole nitrogens is 2. The molecule has 2 rings (SSSR count). The van der Waals surface area contributed by atoms with Crippen LogP contribution >= 0.6 is 12.2 Å². The Kier molecular flexibility index (Phi) is 2.55. The molecule has 0 aromatic carbocycles. The maximum atomic E-state index is 11.9. The van der Waals surface area contributed by atoms with Crippen molar-refractivity contribution in [3.63, 3.8) is 0 Å². The molecule has 7 heteroatoms. The fourth-order valence-electron chi connectivity index (χ4n) is 1.77. The number of aryl methyl sites for hydroxylation is 1. The lowest BCUT2D eigenvalue weighted by molar-refractivity contribution is 0.605. The molecule has 0 saturated carbocycles. The van der Waals surface area contributed by atoms with E-state index in [1.807, 2.05) is 6.92 Å². The van der Waals surface area contributed by atoms with Gasteiger partial charge in [-0.05, 0) is 26.1 Å². The average molecular weight is 240 g/mol. The molecule has 0 aliphatic heterocycles. The largest absolute Gasteiger partial charge is 0.332 e. The molecule has 2 aromatic heterocycles. The molecule has 6 nitrogen and oxygen atoms in total. The lowest BCUT2D eigenvalue weighted by Gasteiger charge is -2.07. The van der Waals surface area contributed by atoms with Crippen molar-refractivity contribution in [2.75, 3.05) is 0 Å². The van der Waals surface area contributed by atoms with Crippen molar-refractivity contribution in [1.82, 2.24) is 19.1 Å². The van der Waals surface area contributed by atoms with Crippen LogP contribution in [0.4, 0.5) is 0 Å². The fourth-order valence-corrected chi connectivity index (χ4v) is 1.97. The first-order valence-corrected chi connectivity index (χ1v) is 5.46. The van der Waals surface area contributed by atoms with Crippen LogP contribution < -0.4 is 11.2 Å². The van der Waals surface area contributed by atoms with E-state index in [0.29, 0.717) is 29.0 Å². The molecule has 16 heavy (non-hydrogen) atoms. The van der Waals surface area contributed by atoms with Gasteiger partial charge in [0.1, 0.15) is 11.2 Å². The zero-order valence-corrected chi connectivity index (χ0v) is 9.85. The predicted octanol–water partition coefficient (Wildman–Crippen LogP) is 0.589. The number of nitrogens with one attached hydrogen (secondary N) is 2. The van der Waals surface area contributed by atoms with Gasteiger partial charge in [-0.3, -0.25) is 13.9 Å². The van der Waals surface area contributed by atoms with Gasteiger partial charge in [0, 0.05) is 13.1 Å². The van der Waals surface area contributed by atoms with Gasteiger partial charge < -0.3 is 9.97 Å². The Morgan fingerprint density at radius 3 is 2.31 bits per heavy atom. The minimum Gasteiger partial charge on any atom is -0.325 e. The summed E-state index contributed by atoms with van der Waals surface area (Å²) in [4.78, 5) is 29.4. The van der Waals surface area contributed by atoms with E-state index in [0.717, 1.165) is 0 Å². The van der Waals surface area contributed by atoms with E-state index >= 15 is 0 Å². The number of hydrogen-bond acceptors (Lipinski definition) is 3. The summed E-state index contributed by atoms with van der Waals surface area (Å²) in [6.45, 7) is 4.43. The highest BCUT2D eigenvalue weighted by Crippen LogP contribution is 2.02. The second kappa shape index (κ2) is 3.75. The average Bonchev–Trinajstić information content (AvgIpc) is 2.62. The first-order chi connectivity index (χ1) is 7.60. The number of aromatic nitrogens is 4. The van der Waals surface area contributed by atoms with E-state index in [2.05, 4.69) is 9.97 Å². The molecule has 2 aromatic rings. The van der Waals surface area contributed by atoms with Crippen molar-refractivity contribution in [1.29, 1.82) is 0 Å². The number of rotatable bonds is 2. The predicted molar refractivity (Wildman–Crippen MR) is 63.4 cm³/mol. The Hall–Kier alpha value is -1.63. The molecule has 0 fully saturated rings. The van der Waals surface area contributed by atoms with Crippen LogP contribution in [0.1, 0.15) is 13.8 Å². The highest BCUT2D eigenvalue weighted by atomic mass is 32.1. The minimum absolute atomic E-state index is 0.312. The molecule has 86 valence electrons. The van der Waals surface area contributed by atoms with Crippen LogP contribution in [0.25, 0.3) is 11.2 Å². The number of imidazole rings is 1. The molecule has 0 radical (unpaired) electrons. The Morgan fingerprint density at radius 2 is 1.75 bits per heavy atom. The van der Waals surface area contributed by atoms with Crippen molar-refractivity contribution in [3.8, 4) is 0 Å². The summed E-state index contributed by atoms with van der Waals surface area (Å²) in [6, 6.07) is 0. The topological polar surface area (TPSA) is 75.6 Å². The number of aromatic amines is 2. The monoisotopic (exact) mass is 240 g/mol. The third-order valence-corrected chi connectivity index (χ3v) is 2.73. The molecule has 0 unspecified atom stereocenters. The van der Waals surface area contributed by atoms with Gasteiger partial charge in [-0.2, -0.15) is 0 Å². The maximum absolute atomic E-state index is 11.9. The lowest BCUT2D eigenvalue weighted by atomic mass is 10.5. The summed E-state index contributed by atoms with van der Waals surface area (Å²) in [5.74, 6) is 0. The molecule has 0 saturated heterocycles. The van der Waals surface area contributed by atoms with Gasteiger partial charge in [0.15, 0.2) is 4.77 Å². The summed E-state index contributed by atoms with van der Waals surface area (Å²) in [5.41, 5.74) is 0.174. The van der Waals surface area contributed by atoms with E-state index in [4.69, 9.17) is 12.2 Å². The number of hydrogen-bond donors (Lipinski definition) is 2. The molecular formula is C9H12N4O2S. The zero-order valence-electron chi connectivity index (χ0n) is 9.03. The summed E-state index contributed by atoms with van der Waals surface area (Å²) < 4.78 is 3.03. The Labute approximate surface area is 95.5 Å². The van der Waals surface area contributed by atoms with Crippen molar-refractivity contribution in [3.05, 3.63) is 25.6 Å². The lowest BCUT2D eigenvalue weighted by Crippen LogP contribution is -2.39. The summed E-state index contributed by atoms with van der Waals surface area (Å²) >= 11 is 4.93. The molecule has 0 amide bonds. The van der Waals surface area contributed by atoms with E-state index in [-0.39, 0.29) is 11.2 Å². The maximum Gasteiger partial charge on any atom is 0.332 e.